The van der Waals surface area contributed by atoms with Gasteiger partial charge in [-0.1, -0.05) is 0 Å². The Kier molecular flexibility index (Phi) is 3.10. The third-order valence-corrected chi connectivity index (χ3v) is 1.96. The Labute approximate surface area is 67.9 Å². The molecule has 62 valence electrons. The molecule has 1 atom stereocenters. The van der Waals surface area contributed by atoms with Gasteiger partial charge in [-0.3, -0.25) is 4.21 Å². The first-order valence-corrected chi connectivity index (χ1v) is 5.05. The topological polar surface area (TPSA) is 57.8 Å². The third kappa shape index (κ3) is 3.18. The number of hydrogen-bond donors (Lipinski definition) is 2. The Morgan fingerprint density at radius 3 is 3.18 bits per heavy atom. The summed E-state index contributed by atoms with van der Waals surface area (Å²) in [6.07, 6.45) is 5.10. The van der Waals surface area contributed by atoms with Crippen molar-refractivity contribution in [3.8, 4) is 0 Å². The van der Waals surface area contributed by atoms with Crippen LogP contribution in [-0.2, 0) is 10.8 Å². The normalized spacial score (nSPS) is 12.8. The lowest BCUT2D eigenvalue weighted by molar-refractivity contribution is 0.687. The summed E-state index contributed by atoms with van der Waals surface area (Å²) in [6.45, 7) is 0.691. The quantitative estimate of drug-likeness (QED) is 0.684. The molecule has 4 nitrogen and oxygen atoms in total. The first-order chi connectivity index (χ1) is 5.29. The van der Waals surface area contributed by atoms with Crippen LogP contribution in [0.3, 0.4) is 0 Å². The van der Waals surface area contributed by atoms with E-state index in [9.17, 15) is 4.21 Å². The molecule has 1 unspecified atom stereocenters. The third-order valence-electron chi connectivity index (χ3n) is 1.18. The second-order valence-corrected chi connectivity index (χ2v) is 3.70. The molecule has 0 amide bonds. The Balaban J connectivity index is 2.19. The maximum absolute atomic E-state index is 10.6. The molecule has 0 aliphatic carbocycles. The van der Waals surface area contributed by atoms with Crippen LogP contribution in [0.2, 0.25) is 0 Å². The van der Waals surface area contributed by atoms with Gasteiger partial charge in [0.2, 0.25) is 0 Å². The summed E-state index contributed by atoms with van der Waals surface area (Å²) in [5, 5.41) is 3.00. The predicted octanol–water partition coefficient (Wildman–Crippen LogP) is 0.200. The smallest absolute Gasteiger partial charge is 0.200 e. The van der Waals surface area contributed by atoms with Crippen LogP contribution in [0.1, 0.15) is 0 Å². The lowest BCUT2D eigenvalue weighted by atomic mass is 10.7. The summed E-state index contributed by atoms with van der Waals surface area (Å²) in [5.74, 6) is 1.39. The van der Waals surface area contributed by atoms with Gasteiger partial charge in [-0.2, -0.15) is 0 Å². The number of nitrogens with zero attached hydrogens (tertiary/aromatic N) is 1. The molecule has 0 saturated heterocycles. The fourth-order valence-electron chi connectivity index (χ4n) is 0.675. The Hall–Kier alpha value is -0.840. The standard InChI is InChI=1S/C6H11N3OS/c1-11(10)5-4-9-6-7-2-3-8-6/h2-3H,4-5H2,1H3,(H2,7,8,9). The van der Waals surface area contributed by atoms with E-state index in [1.165, 1.54) is 0 Å². The molecule has 11 heavy (non-hydrogen) atoms. The van der Waals surface area contributed by atoms with Crippen LogP contribution >= 0.6 is 0 Å². The zero-order chi connectivity index (χ0) is 8.10. The van der Waals surface area contributed by atoms with Gasteiger partial charge < -0.3 is 10.3 Å². The van der Waals surface area contributed by atoms with Crippen molar-refractivity contribution >= 4 is 16.7 Å². The van der Waals surface area contributed by atoms with Crippen molar-refractivity contribution < 1.29 is 4.21 Å². The average Bonchev–Trinajstić information content (AvgIpc) is 2.39. The van der Waals surface area contributed by atoms with Crippen molar-refractivity contribution in [3.63, 3.8) is 0 Å². The highest BCUT2D eigenvalue weighted by Gasteiger charge is 1.92. The second-order valence-electron chi connectivity index (χ2n) is 2.14. The van der Waals surface area contributed by atoms with Crippen molar-refractivity contribution in [2.24, 2.45) is 0 Å². The van der Waals surface area contributed by atoms with Crippen LogP contribution in [-0.4, -0.2) is 32.7 Å². The van der Waals surface area contributed by atoms with E-state index in [2.05, 4.69) is 15.3 Å². The first-order valence-electron chi connectivity index (χ1n) is 3.32. The Bertz CT molecular complexity index is 222. The van der Waals surface area contributed by atoms with Crippen LogP contribution < -0.4 is 5.32 Å². The van der Waals surface area contributed by atoms with Gasteiger partial charge in [-0.15, -0.1) is 0 Å². The molecule has 0 aliphatic heterocycles. The lowest BCUT2D eigenvalue weighted by Gasteiger charge is -1.98. The molecule has 0 radical (unpaired) electrons. The van der Waals surface area contributed by atoms with E-state index in [1.54, 1.807) is 18.6 Å². The maximum Gasteiger partial charge on any atom is 0.200 e. The van der Waals surface area contributed by atoms with E-state index >= 15 is 0 Å². The molecule has 0 aliphatic rings. The highest BCUT2D eigenvalue weighted by atomic mass is 32.2. The van der Waals surface area contributed by atoms with Gasteiger partial charge in [0.1, 0.15) is 0 Å². The SMILES string of the molecule is CS(=O)CCNc1ncc[nH]1. The van der Waals surface area contributed by atoms with E-state index in [1.807, 2.05) is 0 Å². The van der Waals surface area contributed by atoms with Crippen molar-refractivity contribution in [2.45, 2.75) is 0 Å². The van der Waals surface area contributed by atoms with Crippen LogP contribution in [0.15, 0.2) is 12.4 Å². The van der Waals surface area contributed by atoms with E-state index in [0.717, 1.165) is 5.95 Å². The van der Waals surface area contributed by atoms with E-state index < -0.39 is 10.8 Å². The van der Waals surface area contributed by atoms with Crippen molar-refractivity contribution in [1.82, 2.24) is 9.97 Å². The minimum Gasteiger partial charge on any atom is -0.355 e. The molecular formula is C6H11N3OS. The zero-order valence-corrected chi connectivity index (χ0v) is 7.15. The van der Waals surface area contributed by atoms with Crippen molar-refractivity contribution in [1.29, 1.82) is 0 Å². The van der Waals surface area contributed by atoms with Crippen molar-refractivity contribution in [2.75, 3.05) is 23.9 Å². The molecule has 0 saturated carbocycles. The second kappa shape index (κ2) is 4.12. The van der Waals surface area contributed by atoms with Crippen LogP contribution in [0.25, 0.3) is 0 Å². The molecule has 0 spiro atoms. The van der Waals surface area contributed by atoms with Gasteiger partial charge in [0.05, 0.1) is 0 Å². The minimum absolute atomic E-state index is 0.653. The van der Waals surface area contributed by atoms with Gasteiger partial charge in [-0.05, 0) is 0 Å². The monoisotopic (exact) mass is 173 g/mol. The summed E-state index contributed by atoms with van der Waals surface area (Å²) in [5.41, 5.74) is 0. The fourth-order valence-corrected chi connectivity index (χ4v) is 1.06. The molecule has 1 aromatic heterocycles. The molecule has 0 aromatic carbocycles. The number of hydrogen-bond acceptors (Lipinski definition) is 3. The number of H-pyrrole nitrogens is 1. The maximum atomic E-state index is 10.6. The summed E-state index contributed by atoms with van der Waals surface area (Å²) >= 11 is 0. The van der Waals surface area contributed by atoms with E-state index in [-0.39, 0.29) is 0 Å². The average molecular weight is 173 g/mol. The molecule has 0 fully saturated rings. The largest absolute Gasteiger partial charge is 0.355 e. The Morgan fingerprint density at radius 1 is 1.82 bits per heavy atom. The molecule has 0 bridgehead atoms. The summed E-state index contributed by atoms with van der Waals surface area (Å²) in [4.78, 5) is 6.84. The predicted molar refractivity (Wildman–Crippen MR) is 46.0 cm³/mol. The first kappa shape index (κ1) is 8.26. The number of anilines is 1. The van der Waals surface area contributed by atoms with Gasteiger partial charge in [0.15, 0.2) is 5.95 Å². The van der Waals surface area contributed by atoms with Crippen LogP contribution in [0, 0.1) is 0 Å². The van der Waals surface area contributed by atoms with Gasteiger partial charge in [0.25, 0.3) is 0 Å². The molecule has 1 heterocycles. The fraction of sp³-hybridized carbons (Fsp3) is 0.500. The summed E-state index contributed by atoms with van der Waals surface area (Å²) in [7, 11) is -0.731. The summed E-state index contributed by atoms with van der Waals surface area (Å²) < 4.78 is 10.6. The molecule has 5 heteroatoms. The zero-order valence-electron chi connectivity index (χ0n) is 6.33. The minimum atomic E-state index is -0.731. The highest BCUT2D eigenvalue weighted by molar-refractivity contribution is 7.84. The van der Waals surface area contributed by atoms with Gasteiger partial charge in [-0.25, -0.2) is 4.98 Å². The van der Waals surface area contributed by atoms with Crippen molar-refractivity contribution in [3.05, 3.63) is 12.4 Å². The molecular weight excluding hydrogens is 162 g/mol. The molecule has 2 N–H and O–H groups in total. The Morgan fingerprint density at radius 2 is 2.64 bits per heavy atom. The number of aromatic amines is 1. The van der Waals surface area contributed by atoms with E-state index in [4.69, 9.17) is 0 Å². The number of aromatic nitrogens is 2. The van der Waals surface area contributed by atoms with Crippen LogP contribution in [0.5, 0.6) is 0 Å². The number of nitrogens with one attached hydrogen (secondary N) is 2. The van der Waals surface area contributed by atoms with Crippen LogP contribution in [0.4, 0.5) is 5.95 Å². The number of rotatable bonds is 4. The lowest BCUT2D eigenvalue weighted by Crippen LogP contribution is -2.10. The highest BCUT2D eigenvalue weighted by Crippen LogP contribution is 1.92. The molecule has 1 rings (SSSR count). The molecule has 1 aromatic rings. The summed E-state index contributed by atoms with van der Waals surface area (Å²) in [6, 6.07) is 0. The number of imidazole rings is 1. The van der Waals surface area contributed by atoms with Gasteiger partial charge in [0, 0.05) is 41.7 Å². The van der Waals surface area contributed by atoms with Gasteiger partial charge >= 0.3 is 0 Å². The van der Waals surface area contributed by atoms with E-state index in [0.29, 0.717) is 12.3 Å².